The molecule has 0 heterocycles. The maximum Gasteiger partial charge on any atom is 0.0614 e. The number of anilines is 2. The third-order valence-electron chi connectivity index (χ3n) is 3.15. The first kappa shape index (κ1) is 12.8. The molecule has 0 amide bonds. The molecule has 2 rings (SSSR count). The molecule has 0 radical (unpaired) electrons. The molecule has 17 heavy (non-hydrogen) atoms. The topological polar surface area (TPSA) is 58.3 Å². The summed E-state index contributed by atoms with van der Waals surface area (Å²) in [4.78, 5) is 0. The first-order valence-electron chi connectivity index (χ1n) is 5.75. The Kier molecular flexibility index (Phi) is 4.02. The van der Waals surface area contributed by atoms with Crippen LogP contribution in [0.15, 0.2) is 12.1 Å². The fraction of sp³-hybridized carbons (Fsp3) is 0.500. The van der Waals surface area contributed by atoms with Crippen molar-refractivity contribution in [3.05, 3.63) is 22.2 Å². The highest BCUT2D eigenvalue weighted by Gasteiger charge is 2.19. The van der Waals surface area contributed by atoms with Crippen LogP contribution in [0.2, 0.25) is 10.0 Å². The fourth-order valence-electron chi connectivity index (χ4n) is 2.13. The van der Waals surface area contributed by atoms with E-state index in [-0.39, 0.29) is 6.10 Å². The summed E-state index contributed by atoms with van der Waals surface area (Å²) < 4.78 is 0. The summed E-state index contributed by atoms with van der Waals surface area (Å²) in [5, 5.41) is 13.8. The average Bonchev–Trinajstić information content (AvgIpc) is 2.29. The Hall–Kier alpha value is -0.640. The van der Waals surface area contributed by atoms with E-state index in [1.807, 2.05) is 0 Å². The number of nitrogen functional groups attached to an aromatic ring is 1. The Morgan fingerprint density at radius 2 is 1.71 bits per heavy atom. The lowest BCUT2D eigenvalue weighted by Crippen LogP contribution is -2.28. The quantitative estimate of drug-likeness (QED) is 0.726. The summed E-state index contributed by atoms with van der Waals surface area (Å²) in [7, 11) is 0. The summed E-state index contributed by atoms with van der Waals surface area (Å²) in [6, 6.07) is 3.76. The second kappa shape index (κ2) is 5.34. The summed E-state index contributed by atoms with van der Waals surface area (Å²) >= 11 is 11.8. The van der Waals surface area contributed by atoms with Crippen LogP contribution in [-0.2, 0) is 0 Å². The van der Waals surface area contributed by atoms with E-state index in [1.54, 1.807) is 12.1 Å². The number of aliphatic hydroxyl groups excluding tert-OH is 1. The fourth-order valence-corrected chi connectivity index (χ4v) is 2.46. The number of rotatable bonds is 2. The van der Waals surface area contributed by atoms with Crippen molar-refractivity contribution in [2.75, 3.05) is 11.1 Å². The number of nitrogens with two attached hydrogens (primary N) is 1. The molecule has 1 aliphatic carbocycles. The molecule has 0 unspecified atom stereocenters. The van der Waals surface area contributed by atoms with Gasteiger partial charge in [-0.05, 0) is 37.8 Å². The van der Waals surface area contributed by atoms with Crippen LogP contribution < -0.4 is 11.1 Å². The first-order chi connectivity index (χ1) is 8.06. The van der Waals surface area contributed by atoms with Gasteiger partial charge in [-0.3, -0.25) is 0 Å². The minimum absolute atomic E-state index is 0.154. The van der Waals surface area contributed by atoms with E-state index in [9.17, 15) is 5.11 Å². The molecule has 3 nitrogen and oxygen atoms in total. The Morgan fingerprint density at radius 1 is 1.12 bits per heavy atom. The van der Waals surface area contributed by atoms with Crippen LogP contribution in [0, 0.1) is 0 Å². The number of halogens is 2. The van der Waals surface area contributed by atoms with Gasteiger partial charge in [-0.25, -0.2) is 0 Å². The molecule has 0 aliphatic heterocycles. The molecule has 1 aliphatic rings. The second-order valence-corrected chi connectivity index (χ2v) is 5.32. The lowest BCUT2D eigenvalue weighted by molar-refractivity contribution is 0.126. The van der Waals surface area contributed by atoms with Crippen molar-refractivity contribution >= 4 is 34.6 Å². The zero-order valence-corrected chi connectivity index (χ0v) is 10.9. The van der Waals surface area contributed by atoms with Crippen molar-refractivity contribution in [2.45, 2.75) is 37.8 Å². The predicted octanol–water partition coefficient (Wildman–Crippen LogP) is 3.29. The number of hydrogen-bond donors (Lipinski definition) is 3. The van der Waals surface area contributed by atoms with E-state index in [0.29, 0.717) is 21.8 Å². The lowest BCUT2D eigenvalue weighted by atomic mass is 9.93. The van der Waals surface area contributed by atoms with E-state index in [4.69, 9.17) is 28.9 Å². The summed E-state index contributed by atoms with van der Waals surface area (Å²) in [5.74, 6) is 0. The van der Waals surface area contributed by atoms with Crippen molar-refractivity contribution in [2.24, 2.45) is 0 Å². The third kappa shape index (κ3) is 3.18. The van der Waals surface area contributed by atoms with E-state index < -0.39 is 0 Å². The Morgan fingerprint density at radius 3 is 2.35 bits per heavy atom. The van der Waals surface area contributed by atoms with Gasteiger partial charge in [0, 0.05) is 6.04 Å². The van der Waals surface area contributed by atoms with Crippen LogP contribution in [0.1, 0.15) is 25.7 Å². The van der Waals surface area contributed by atoms with Gasteiger partial charge in [-0.15, -0.1) is 0 Å². The minimum Gasteiger partial charge on any atom is -0.397 e. The van der Waals surface area contributed by atoms with Crippen molar-refractivity contribution in [3.63, 3.8) is 0 Å². The number of aliphatic hydroxyl groups is 1. The Labute approximate surface area is 111 Å². The van der Waals surface area contributed by atoms with E-state index in [1.165, 1.54) is 0 Å². The molecular weight excluding hydrogens is 259 g/mol. The van der Waals surface area contributed by atoms with Crippen molar-refractivity contribution in [1.29, 1.82) is 0 Å². The van der Waals surface area contributed by atoms with Crippen LogP contribution in [0.5, 0.6) is 0 Å². The molecular formula is C12H16Cl2N2O. The van der Waals surface area contributed by atoms with Crippen LogP contribution in [0.3, 0.4) is 0 Å². The highest BCUT2D eigenvalue weighted by atomic mass is 35.5. The molecule has 0 bridgehead atoms. The molecule has 94 valence electrons. The standard InChI is InChI=1S/C12H16Cl2N2O/c13-9-5-11(15)12(6-10(9)14)16-7-1-3-8(17)4-2-7/h5-8,16-17H,1-4,15H2. The SMILES string of the molecule is Nc1cc(Cl)c(Cl)cc1NC1CCC(O)CC1. The Balaban J connectivity index is 2.06. The molecule has 1 fully saturated rings. The highest BCUT2D eigenvalue weighted by Crippen LogP contribution is 2.32. The normalized spacial score (nSPS) is 24.6. The van der Waals surface area contributed by atoms with Crippen molar-refractivity contribution in [3.8, 4) is 0 Å². The van der Waals surface area contributed by atoms with Gasteiger partial charge in [0.1, 0.15) is 0 Å². The maximum atomic E-state index is 9.44. The average molecular weight is 275 g/mol. The number of benzene rings is 1. The molecule has 1 aromatic rings. The predicted molar refractivity (Wildman–Crippen MR) is 72.8 cm³/mol. The van der Waals surface area contributed by atoms with Gasteiger partial charge in [-0.1, -0.05) is 23.2 Å². The number of hydrogen-bond acceptors (Lipinski definition) is 3. The van der Waals surface area contributed by atoms with Gasteiger partial charge < -0.3 is 16.2 Å². The minimum atomic E-state index is -0.154. The van der Waals surface area contributed by atoms with Gasteiger partial charge in [-0.2, -0.15) is 0 Å². The lowest BCUT2D eigenvalue weighted by Gasteiger charge is -2.27. The van der Waals surface area contributed by atoms with Crippen molar-refractivity contribution < 1.29 is 5.11 Å². The van der Waals surface area contributed by atoms with Gasteiger partial charge in [0.15, 0.2) is 0 Å². The van der Waals surface area contributed by atoms with E-state index in [2.05, 4.69) is 5.32 Å². The molecule has 0 saturated heterocycles. The molecule has 0 atom stereocenters. The largest absolute Gasteiger partial charge is 0.397 e. The van der Waals surface area contributed by atoms with Crippen LogP contribution >= 0.6 is 23.2 Å². The molecule has 1 saturated carbocycles. The van der Waals surface area contributed by atoms with E-state index >= 15 is 0 Å². The van der Waals surface area contributed by atoms with Gasteiger partial charge in [0.25, 0.3) is 0 Å². The maximum absolute atomic E-state index is 9.44. The van der Waals surface area contributed by atoms with Gasteiger partial charge >= 0.3 is 0 Å². The summed E-state index contributed by atoms with van der Waals surface area (Å²) in [6.07, 6.45) is 3.40. The molecule has 1 aromatic carbocycles. The summed E-state index contributed by atoms with van der Waals surface area (Å²) in [6.45, 7) is 0. The zero-order chi connectivity index (χ0) is 12.4. The van der Waals surface area contributed by atoms with Crippen LogP contribution in [0.25, 0.3) is 0 Å². The second-order valence-electron chi connectivity index (χ2n) is 4.50. The van der Waals surface area contributed by atoms with Crippen molar-refractivity contribution in [1.82, 2.24) is 0 Å². The van der Waals surface area contributed by atoms with Crippen LogP contribution in [0.4, 0.5) is 11.4 Å². The van der Waals surface area contributed by atoms with Gasteiger partial charge in [0.05, 0.1) is 27.5 Å². The molecule has 5 heteroatoms. The Bertz CT molecular complexity index is 404. The van der Waals surface area contributed by atoms with Crippen LogP contribution in [-0.4, -0.2) is 17.3 Å². The third-order valence-corrected chi connectivity index (χ3v) is 3.87. The first-order valence-corrected chi connectivity index (χ1v) is 6.51. The molecule has 0 aromatic heterocycles. The monoisotopic (exact) mass is 274 g/mol. The van der Waals surface area contributed by atoms with Gasteiger partial charge in [0.2, 0.25) is 0 Å². The number of nitrogens with one attached hydrogen (secondary N) is 1. The zero-order valence-electron chi connectivity index (χ0n) is 9.42. The highest BCUT2D eigenvalue weighted by molar-refractivity contribution is 6.42. The molecule has 0 spiro atoms. The molecule has 4 N–H and O–H groups in total. The summed E-state index contributed by atoms with van der Waals surface area (Å²) in [5.41, 5.74) is 7.30. The van der Waals surface area contributed by atoms with E-state index in [0.717, 1.165) is 31.4 Å². The smallest absolute Gasteiger partial charge is 0.0614 e.